The van der Waals surface area contributed by atoms with E-state index in [0.717, 1.165) is 30.8 Å². The molecule has 1 atom stereocenters. The number of alkyl halides is 1. The molecule has 1 unspecified atom stereocenters. The zero-order valence-electron chi connectivity index (χ0n) is 9.75. The van der Waals surface area contributed by atoms with E-state index in [4.69, 9.17) is 0 Å². The number of carbonyl (C=O) groups excluding carboxylic acids is 2. The molecule has 0 saturated carbocycles. The number of hydrogen-bond donors (Lipinski definition) is 2. The highest BCUT2D eigenvalue weighted by Crippen LogP contribution is 2.21. The van der Waals surface area contributed by atoms with E-state index in [1.165, 1.54) is 0 Å². The van der Waals surface area contributed by atoms with Crippen LogP contribution in [0.1, 0.15) is 19.3 Å². The fourth-order valence-electron chi connectivity index (χ4n) is 2.48. The van der Waals surface area contributed by atoms with E-state index >= 15 is 0 Å². The topological polar surface area (TPSA) is 61.4 Å². The molecule has 2 saturated heterocycles. The van der Waals surface area contributed by atoms with Crippen LogP contribution in [0.5, 0.6) is 0 Å². The lowest BCUT2D eigenvalue weighted by molar-refractivity contribution is -0.128. The van der Waals surface area contributed by atoms with Crippen LogP contribution < -0.4 is 10.6 Å². The van der Waals surface area contributed by atoms with E-state index in [1.54, 1.807) is 0 Å². The number of piperidine rings is 1. The first-order valence-electron chi connectivity index (χ1n) is 6.11. The third-order valence-corrected chi connectivity index (χ3v) is 3.44. The van der Waals surface area contributed by atoms with Crippen molar-refractivity contribution in [1.29, 1.82) is 0 Å². The van der Waals surface area contributed by atoms with Crippen molar-refractivity contribution in [2.75, 3.05) is 26.3 Å². The van der Waals surface area contributed by atoms with Crippen LogP contribution in [0.15, 0.2) is 0 Å². The van der Waals surface area contributed by atoms with Gasteiger partial charge in [0, 0.05) is 0 Å². The minimum atomic E-state index is -0.681. The second kappa shape index (κ2) is 5.44. The smallest absolute Gasteiger partial charge is 0.324 e. The third kappa shape index (κ3) is 2.74. The van der Waals surface area contributed by atoms with Crippen molar-refractivity contribution in [1.82, 2.24) is 15.5 Å². The maximum absolute atomic E-state index is 12.2. The molecule has 0 aromatic heterocycles. The number of halogens is 1. The van der Waals surface area contributed by atoms with Crippen molar-refractivity contribution in [3.63, 3.8) is 0 Å². The largest absolute Gasteiger partial charge is 0.326 e. The monoisotopic (exact) mass is 243 g/mol. The van der Waals surface area contributed by atoms with Crippen LogP contribution >= 0.6 is 0 Å². The summed E-state index contributed by atoms with van der Waals surface area (Å²) in [7, 11) is 0. The van der Waals surface area contributed by atoms with Gasteiger partial charge in [0.05, 0.1) is 6.54 Å². The summed E-state index contributed by atoms with van der Waals surface area (Å²) in [5, 5.41) is 5.89. The molecule has 2 aliphatic heterocycles. The molecule has 2 aliphatic rings. The number of amides is 3. The molecule has 6 heteroatoms. The van der Waals surface area contributed by atoms with E-state index in [0.29, 0.717) is 12.3 Å². The zero-order chi connectivity index (χ0) is 12.3. The van der Waals surface area contributed by atoms with Crippen LogP contribution in [0.3, 0.4) is 0 Å². The van der Waals surface area contributed by atoms with E-state index in [2.05, 4.69) is 10.6 Å². The number of nitrogens with zero attached hydrogens (tertiary/aromatic N) is 1. The number of rotatable bonds is 4. The lowest BCUT2D eigenvalue weighted by Gasteiger charge is -2.24. The predicted octanol–water partition coefficient (Wildman–Crippen LogP) is 0.266. The molecule has 0 radical (unpaired) electrons. The van der Waals surface area contributed by atoms with E-state index in [9.17, 15) is 14.0 Å². The van der Waals surface area contributed by atoms with Crippen LogP contribution in [-0.4, -0.2) is 49.2 Å². The van der Waals surface area contributed by atoms with E-state index in [-0.39, 0.29) is 12.5 Å². The normalized spacial score (nSPS) is 26.4. The molecule has 96 valence electrons. The lowest BCUT2D eigenvalue weighted by atomic mass is 9.91. The Hall–Kier alpha value is -1.17. The van der Waals surface area contributed by atoms with Gasteiger partial charge in [0.1, 0.15) is 12.7 Å². The Balaban J connectivity index is 1.89. The Kier molecular flexibility index (Phi) is 3.93. The van der Waals surface area contributed by atoms with Crippen LogP contribution in [0.25, 0.3) is 0 Å². The Morgan fingerprint density at radius 1 is 1.29 bits per heavy atom. The number of imide groups is 1. The average molecular weight is 243 g/mol. The molecule has 2 heterocycles. The molecule has 5 nitrogen and oxygen atoms in total. The predicted molar refractivity (Wildman–Crippen MR) is 60.2 cm³/mol. The second-order valence-corrected chi connectivity index (χ2v) is 4.61. The van der Waals surface area contributed by atoms with E-state index in [1.807, 2.05) is 0 Å². The molecule has 2 rings (SSSR count). The fraction of sp³-hybridized carbons (Fsp3) is 0.818. The molecular formula is C11H18FN3O2. The van der Waals surface area contributed by atoms with Crippen molar-refractivity contribution in [2.24, 2.45) is 5.92 Å². The van der Waals surface area contributed by atoms with Gasteiger partial charge in [-0.05, 0) is 38.3 Å². The summed E-state index contributed by atoms with van der Waals surface area (Å²) < 4.78 is 12.2. The molecule has 2 N–H and O–H groups in total. The summed E-state index contributed by atoms with van der Waals surface area (Å²) >= 11 is 0. The molecule has 0 spiro atoms. The number of urea groups is 1. The summed E-state index contributed by atoms with van der Waals surface area (Å²) in [4.78, 5) is 24.3. The summed E-state index contributed by atoms with van der Waals surface area (Å²) in [6, 6.07) is -0.899. The third-order valence-electron chi connectivity index (χ3n) is 3.44. The Labute approximate surface area is 99.7 Å². The lowest BCUT2D eigenvalue weighted by Crippen LogP contribution is -2.36. The first-order valence-corrected chi connectivity index (χ1v) is 6.11. The first-order chi connectivity index (χ1) is 8.22. The molecule has 0 bridgehead atoms. The first kappa shape index (κ1) is 12.3. The Bertz CT molecular complexity index is 305. The maximum atomic E-state index is 12.2. The van der Waals surface area contributed by atoms with Crippen molar-refractivity contribution in [3.8, 4) is 0 Å². The van der Waals surface area contributed by atoms with Gasteiger partial charge in [0.25, 0.3) is 5.91 Å². The van der Waals surface area contributed by atoms with Crippen LogP contribution in [0.4, 0.5) is 9.18 Å². The molecule has 0 aliphatic carbocycles. The highest BCUT2D eigenvalue weighted by Gasteiger charge is 2.38. The van der Waals surface area contributed by atoms with Gasteiger partial charge >= 0.3 is 6.03 Å². The van der Waals surface area contributed by atoms with Gasteiger partial charge in [-0.2, -0.15) is 0 Å². The summed E-state index contributed by atoms with van der Waals surface area (Å²) in [5.41, 5.74) is 0. The van der Waals surface area contributed by atoms with Crippen molar-refractivity contribution >= 4 is 11.9 Å². The van der Waals surface area contributed by atoms with Gasteiger partial charge in [-0.15, -0.1) is 0 Å². The average Bonchev–Trinajstić information content (AvgIpc) is 2.59. The molecule has 2 fully saturated rings. The van der Waals surface area contributed by atoms with Crippen molar-refractivity contribution < 1.29 is 14.0 Å². The SMILES string of the molecule is O=C1NC(CC2CCNCC2)C(=O)N1CCF. The number of hydrogen-bond acceptors (Lipinski definition) is 3. The van der Waals surface area contributed by atoms with Gasteiger partial charge in [-0.1, -0.05) is 0 Å². The van der Waals surface area contributed by atoms with Crippen LogP contribution in [0, 0.1) is 5.92 Å². The van der Waals surface area contributed by atoms with Crippen LogP contribution in [-0.2, 0) is 4.79 Å². The van der Waals surface area contributed by atoms with Gasteiger partial charge in [-0.3, -0.25) is 9.69 Å². The van der Waals surface area contributed by atoms with E-state index < -0.39 is 18.7 Å². The molecule has 0 aromatic carbocycles. The second-order valence-electron chi connectivity index (χ2n) is 4.61. The number of nitrogens with one attached hydrogen (secondary N) is 2. The van der Waals surface area contributed by atoms with Gasteiger partial charge in [-0.25, -0.2) is 9.18 Å². The van der Waals surface area contributed by atoms with Gasteiger partial charge < -0.3 is 10.6 Å². The summed E-state index contributed by atoms with van der Waals surface area (Å²) in [5.74, 6) is 0.196. The minimum absolute atomic E-state index is 0.132. The quantitative estimate of drug-likeness (QED) is 0.697. The van der Waals surface area contributed by atoms with Crippen molar-refractivity contribution in [3.05, 3.63) is 0 Å². The molecule has 3 amide bonds. The fourth-order valence-corrected chi connectivity index (χ4v) is 2.48. The molecular weight excluding hydrogens is 225 g/mol. The Morgan fingerprint density at radius 2 is 2.00 bits per heavy atom. The standard InChI is InChI=1S/C11H18FN3O2/c12-3-6-15-10(16)9(14-11(15)17)7-8-1-4-13-5-2-8/h8-9,13H,1-7H2,(H,14,17). The maximum Gasteiger partial charge on any atom is 0.324 e. The van der Waals surface area contributed by atoms with Crippen molar-refractivity contribution in [2.45, 2.75) is 25.3 Å². The van der Waals surface area contributed by atoms with Gasteiger partial charge in [0.15, 0.2) is 0 Å². The minimum Gasteiger partial charge on any atom is -0.326 e. The highest BCUT2D eigenvalue weighted by molar-refractivity contribution is 6.04. The summed E-state index contributed by atoms with van der Waals surface area (Å²) in [6.07, 6.45) is 2.74. The van der Waals surface area contributed by atoms with Crippen LogP contribution in [0.2, 0.25) is 0 Å². The summed E-state index contributed by atoms with van der Waals surface area (Å²) in [6.45, 7) is 1.12. The molecule has 0 aromatic rings. The highest BCUT2D eigenvalue weighted by atomic mass is 19.1. The van der Waals surface area contributed by atoms with Gasteiger partial charge in [0.2, 0.25) is 0 Å². The molecule has 17 heavy (non-hydrogen) atoms. The zero-order valence-corrected chi connectivity index (χ0v) is 9.75. The Morgan fingerprint density at radius 3 is 2.65 bits per heavy atom. The number of carbonyl (C=O) groups is 2.